The number of hydrogen-bond donors (Lipinski definition) is 1. The Kier molecular flexibility index (Phi) is 4.69. The summed E-state index contributed by atoms with van der Waals surface area (Å²) in [6.07, 6.45) is 5.96. The van der Waals surface area contributed by atoms with Crippen molar-refractivity contribution in [2.24, 2.45) is 11.8 Å². The van der Waals surface area contributed by atoms with Crippen LogP contribution in [0.2, 0.25) is 0 Å². The van der Waals surface area contributed by atoms with E-state index in [1.807, 2.05) is 12.2 Å². The van der Waals surface area contributed by atoms with Crippen molar-refractivity contribution >= 4 is 23.7 Å². The molecule has 2 fully saturated rings. The molecule has 0 spiro atoms. The van der Waals surface area contributed by atoms with E-state index >= 15 is 0 Å². The van der Waals surface area contributed by atoms with Gasteiger partial charge in [-0.05, 0) is 32.6 Å². The van der Waals surface area contributed by atoms with Gasteiger partial charge in [-0.15, -0.1) is 0 Å². The molecule has 0 aromatic rings. The third-order valence-corrected chi connectivity index (χ3v) is 4.74. The maximum Gasteiger partial charge on any atom is 0.308 e. The standard InChI is InChI=1S/C17H22N2O5/c1-10(15(21)18-11-6-7-11)24-14(20)8-9-19-16(22)12-4-2-3-5-13(12)17(19)23/h2-3,10-13H,4-9H2,1H3,(H,18,21)/t10-,12-,13+/m1/s1. The van der Waals surface area contributed by atoms with E-state index in [1.54, 1.807) is 0 Å². The van der Waals surface area contributed by atoms with Crippen molar-refractivity contribution in [3.05, 3.63) is 12.2 Å². The quantitative estimate of drug-likeness (QED) is 0.435. The number of allylic oxidation sites excluding steroid dienone is 2. The van der Waals surface area contributed by atoms with Crippen LogP contribution in [0.5, 0.6) is 0 Å². The second-order valence-electron chi connectivity index (χ2n) is 6.65. The zero-order valence-electron chi connectivity index (χ0n) is 13.7. The molecule has 0 radical (unpaired) electrons. The molecular formula is C17H22N2O5. The van der Waals surface area contributed by atoms with Gasteiger partial charge in [0, 0.05) is 12.6 Å². The Hall–Kier alpha value is -2.18. The van der Waals surface area contributed by atoms with Gasteiger partial charge < -0.3 is 10.1 Å². The van der Waals surface area contributed by atoms with Crippen LogP contribution in [-0.2, 0) is 23.9 Å². The SMILES string of the molecule is C[C@@H](OC(=O)CCN1C(=O)[C@H]2CC=CC[C@H]2C1=O)C(=O)NC1CC1. The fraction of sp³-hybridized carbons (Fsp3) is 0.647. The molecule has 1 saturated carbocycles. The molecule has 24 heavy (non-hydrogen) atoms. The maximum absolute atomic E-state index is 12.3. The van der Waals surface area contributed by atoms with E-state index in [1.165, 1.54) is 11.8 Å². The van der Waals surface area contributed by atoms with Crippen LogP contribution >= 0.6 is 0 Å². The van der Waals surface area contributed by atoms with E-state index in [0.717, 1.165) is 12.8 Å². The number of rotatable bonds is 6. The summed E-state index contributed by atoms with van der Waals surface area (Å²) in [6.45, 7) is 1.53. The summed E-state index contributed by atoms with van der Waals surface area (Å²) in [6, 6.07) is 0.204. The first kappa shape index (κ1) is 16.7. The molecule has 0 unspecified atom stereocenters. The number of amides is 3. The Bertz CT molecular complexity index is 570. The van der Waals surface area contributed by atoms with E-state index in [2.05, 4.69) is 5.32 Å². The second-order valence-corrected chi connectivity index (χ2v) is 6.65. The normalized spacial score (nSPS) is 27.0. The van der Waals surface area contributed by atoms with Crippen molar-refractivity contribution in [1.29, 1.82) is 0 Å². The molecule has 2 aliphatic carbocycles. The highest BCUT2D eigenvalue weighted by Gasteiger charge is 2.47. The number of hydrogen-bond acceptors (Lipinski definition) is 5. The second kappa shape index (κ2) is 6.75. The molecule has 3 atom stereocenters. The molecule has 1 saturated heterocycles. The van der Waals surface area contributed by atoms with Gasteiger partial charge in [-0.25, -0.2) is 0 Å². The van der Waals surface area contributed by atoms with Gasteiger partial charge in [0.1, 0.15) is 0 Å². The lowest BCUT2D eigenvalue weighted by Crippen LogP contribution is -2.38. The Morgan fingerprint density at radius 1 is 1.21 bits per heavy atom. The molecule has 1 heterocycles. The molecule has 0 bridgehead atoms. The Morgan fingerprint density at radius 2 is 1.79 bits per heavy atom. The van der Waals surface area contributed by atoms with Crippen molar-refractivity contribution in [1.82, 2.24) is 10.2 Å². The number of nitrogens with one attached hydrogen (secondary N) is 1. The Labute approximate surface area is 140 Å². The lowest BCUT2D eigenvalue weighted by Gasteiger charge is -2.16. The smallest absolute Gasteiger partial charge is 0.308 e. The molecule has 130 valence electrons. The van der Waals surface area contributed by atoms with Gasteiger partial charge in [0.15, 0.2) is 6.10 Å². The van der Waals surface area contributed by atoms with E-state index in [4.69, 9.17) is 4.74 Å². The molecule has 0 aromatic heterocycles. The Balaban J connectivity index is 1.46. The molecule has 7 heteroatoms. The summed E-state index contributed by atoms with van der Waals surface area (Å²) in [5.74, 6) is -1.88. The van der Waals surface area contributed by atoms with Crippen molar-refractivity contribution in [3.63, 3.8) is 0 Å². The van der Waals surface area contributed by atoms with Crippen molar-refractivity contribution in [2.45, 2.75) is 51.2 Å². The summed E-state index contributed by atoms with van der Waals surface area (Å²) < 4.78 is 5.08. The largest absolute Gasteiger partial charge is 0.452 e. The minimum absolute atomic E-state index is 0.0143. The molecule has 7 nitrogen and oxygen atoms in total. The van der Waals surface area contributed by atoms with Crippen molar-refractivity contribution < 1.29 is 23.9 Å². The average molecular weight is 334 g/mol. The zero-order chi connectivity index (χ0) is 17.3. The third-order valence-electron chi connectivity index (χ3n) is 4.74. The molecule has 3 rings (SSSR count). The maximum atomic E-state index is 12.3. The number of fused-ring (bicyclic) bond motifs is 1. The molecule has 3 aliphatic rings. The van der Waals surface area contributed by atoms with Gasteiger partial charge in [-0.2, -0.15) is 0 Å². The molecular weight excluding hydrogens is 312 g/mol. The van der Waals surface area contributed by atoms with Crippen LogP contribution in [0.1, 0.15) is 39.0 Å². The number of carbonyl (C=O) groups excluding carboxylic acids is 4. The first-order chi connectivity index (χ1) is 11.5. The summed E-state index contributed by atoms with van der Waals surface area (Å²) in [4.78, 5) is 49.3. The van der Waals surface area contributed by atoms with Crippen molar-refractivity contribution in [3.8, 4) is 0 Å². The predicted molar refractivity (Wildman–Crippen MR) is 83.4 cm³/mol. The molecule has 0 aromatic carbocycles. The third kappa shape index (κ3) is 3.49. The van der Waals surface area contributed by atoms with Crippen LogP contribution in [0.4, 0.5) is 0 Å². The van der Waals surface area contributed by atoms with Gasteiger partial charge in [0.25, 0.3) is 5.91 Å². The number of esters is 1. The van der Waals surface area contributed by atoms with Crippen LogP contribution in [0.3, 0.4) is 0 Å². The van der Waals surface area contributed by atoms with Gasteiger partial charge in [-0.3, -0.25) is 24.1 Å². The summed E-state index contributed by atoms with van der Waals surface area (Å²) >= 11 is 0. The van der Waals surface area contributed by atoms with E-state index in [9.17, 15) is 19.2 Å². The highest BCUT2D eigenvalue weighted by Crippen LogP contribution is 2.35. The first-order valence-corrected chi connectivity index (χ1v) is 8.47. The zero-order valence-corrected chi connectivity index (χ0v) is 13.7. The van der Waals surface area contributed by atoms with E-state index < -0.39 is 12.1 Å². The van der Waals surface area contributed by atoms with Crippen LogP contribution in [-0.4, -0.2) is 47.3 Å². The molecule has 1 N–H and O–H groups in total. The lowest BCUT2D eigenvalue weighted by atomic mass is 9.85. The number of likely N-dealkylation sites (tertiary alicyclic amines) is 1. The lowest BCUT2D eigenvalue weighted by molar-refractivity contribution is -0.155. The van der Waals surface area contributed by atoms with E-state index in [0.29, 0.717) is 12.8 Å². The molecule has 1 aliphatic heterocycles. The summed E-state index contributed by atoms with van der Waals surface area (Å²) in [7, 11) is 0. The van der Waals surface area contributed by atoms with Gasteiger partial charge >= 0.3 is 5.97 Å². The van der Waals surface area contributed by atoms with Gasteiger partial charge in [0.2, 0.25) is 11.8 Å². The highest BCUT2D eigenvalue weighted by molar-refractivity contribution is 6.05. The number of carbonyl (C=O) groups is 4. The minimum atomic E-state index is -0.866. The predicted octanol–water partition coefficient (Wildman–Crippen LogP) is 0.538. The van der Waals surface area contributed by atoms with Crippen LogP contribution in [0.15, 0.2) is 12.2 Å². The van der Waals surface area contributed by atoms with Gasteiger partial charge in [-0.1, -0.05) is 12.2 Å². The first-order valence-electron chi connectivity index (χ1n) is 8.47. The number of imide groups is 1. The Morgan fingerprint density at radius 3 is 2.33 bits per heavy atom. The van der Waals surface area contributed by atoms with Gasteiger partial charge in [0.05, 0.1) is 18.3 Å². The van der Waals surface area contributed by atoms with Crippen LogP contribution in [0.25, 0.3) is 0 Å². The summed E-state index contributed by atoms with van der Waals surface area (Å²) in [5, 5.41) is 2.76. The fourth-order valence-electron chi connectivity index (χ4n) is 3.15. The highest BCUT2D eigenvalue weighted by atomic mass is 16.5. The fourth-order valence-corrected chi connectivity index (χ4v) is 3.15. The van der Waals surface area contributed by atoms with Crippen molar-refractivity contribution in [2.75, 3.05) is 6.54 Å². The minimum Gasteiger partial charge on any atom is -0.452 e. The topological polar surface area (TPSA) is 92.8 Å². The monoisotopic (exact) mass is 334 g/mol. The number of ether oxygens (including phenoxy) is 1. The van der Waals surface area contributed by atoms with E-state index in [-0.39, 0.29) is 48.6 Å². The number of nitrogens with zero attached hydrogens (tertiary/aromatic N) is 1. The van der Waals surface area contributed by atoms with Crippen LogP contribution in [0, 0.1) is 11.8 Å². The average Bonchev–Trinajstić information content (AvgIpc) is 3.34. The molecule has 3 amide bonds. The van der Waals surface area contributed by atoms with Crippen LogP contribution < -0.4 is 5.32 Å². The summed E-state index contributed by atoms with van der Waals surface area (Å²) in [5.41, 5.74) is 0.